The van der Waals surface area contributed by atoms with Crippen molar-refractivity contribution in [3.8, 4) is 0 Å². The average molecular weight is 352 g/mol. The van der Waals surface area contributed by atoms with Crippen LogP contribution < -0.4 is 10.2 Å². The lowest BCUT2D eigenvalue weighted by Gasteiger charge is -2.34. The molecule has 0 unspecified atom stereocenters. The van der Waals surface area contributed by atoms with Gasteiger partial charge in [-0.25, -0.2) is 15.0 Å². The van der Waals surface area contributed by atoms with Crippen molar-refractivity contribution >= 4 is 17.4 Å². The Balaban J connectivity index is 1.49. The minimum absolute atomic E-state index is 0.392. The maximum atomic E-state index is 4.59. The second-order valence-corrected chi connectivity index (χ2v) is 6.96. The summed E-state index contributed by atoms with van der Waals surface area (Å²) in [5.74, 6) is 3.50. The van der Waals surface area contributed by atoms with Crippen molar-refractivity contribution < 1.29 is 0 Å². The number of anilines is 2. The Morgan fingerprint density at radius 1 is 1.04 bits per heavy atom. The first-order chi connectivity index (χ1) is 12.5. The van der Waals surface area contributed by atoms with Crippen LogP contribution in [0, 0.1) is 27.7 Å². The average Bonchev–Trinajstić information content (AvgIpc) is 3.06. The molecule has 0 radical (unpaired) electrons. The van der Waals surface area contributed by atoms with Crippen LogP contribution in [0.3, 0.4) is 0 Å². The molecule has 0 bridgehead atoms. The van der Waals surface area contributed by atoms with E-state index in [0.29, 0.717) is 11.8 Å². The molecule has 0 aromatic carbocycles. The third-order valence-corrected chi connectivity index (χ3v) is 5.02. The first-order valence-electron chi connectivity index (χ1n) is 9.02. The van der Waals surface area contributed by atoms with Gasteiger partial charge in [-0.05, 0) is 40.5 Å². The van der Waals surface area contributed by atoms with E-state index in [0.717, 1.165) is 60.3 Å². The zero-order valence-electron chi connectivity index (χ0n) is 15.7. The highest BCUT2D eigenvalue weighted by molar-refractivity contribution is 5.52. The predicted molar refractivity (Wildman–Crippen MR) is 101 cm³/mol. The number of rotatable bonds is 3. The fraction of sp³-hybridized carbons (Fsp3) is 0.500. The molecule has 1 N–H and O–H groups in total. The van der Waals surface area contributed by atoms with Gasteiger partial charge in [-0.1, -0.05) is 0 Å². The molecule has 8 nitrogen and oxygen atoms in total. The Hall–Kier alpha value is -2.77. The third-order valence-electron chi connectivity index (χ3n) is 5.02. The van der Waals surface area contributed by atoms with Gasteiger partial charge >= 0.3 is 0 Å². The smallest absolute Gasteiger partial charge is 0.254 e. The quantitative estimate of drug-likeness (QED) is 0.774. The fourth-order valence-corrected chi connectivity index (χ4v) is 3.51. The van der Waals surface area contributed by atoms with Crippen molar-refractivity contribution in [1.29, 1.82) is 0 Å². The van der Waals surface area contributed by atoms with Crippen molar-refractivity contribution in [2.75, 3.05) is 23.3 Å². The zero-order valence-corrected chi connectivity index (χ0v) is 15.7. The van der Waals surface area contributed by atoms with E-state index in [-0.39, 0.29) is 0 Å². The van der Waals surface area contributed by atoms with Gasteiger partial charge in [0.15, 0.2) is 0 Å². The van der Waals surface area contributed by atoms with Crippen molar-refractivity contribution in [2.24, 2.45) is 0 Å². The summed E-state index contributed by atoms with van der Waals surface area (Å²) in [5.41, 5.74) is 3.12. The van der Waals surface area contributed by atoms with Gasteiger partial charge in [-0.2, -0.15) is 14.6 Å². The van der Waals surface area contributed by atoms with Crippen molar-refractivity contribution in [2.45, 2.75) is 46.6 Å². The molecule has 136 valence electrons. The van der Waals surface area contributed by atoms with Gasteiger partial charge in [-0.3, -0.25) is 0 Å². The Morgan fingerprint density at radius 2 is 1.81 bits per heavy atom. The molecule has 0 atom stereocenters. The van der Waals surface area contributed by atoms with Crippen LogP contribution in [0.5, 0.6) is 0 Å². The van der Waals surface area contributed by atoms with Gasteiger partial charge in [0, 0.05) is 42.1 Å². The van der Waals surface area contributed by atoms with E-state index < -0.39 is 0 Å². The summed E-state index contributed by atoms with van der Waals surface area (Å²) in [4.78, 5) is 20.0. The van der Waals surface area contributed by atoms with Gasteiger partial charge in [-0.15, -0.1) is 0 Å². The molecule has 26 heavy (non-hydrogen) atoms. The van der Waals surface area contributed by atoms with Crippen molar-refractivity contribution in [3.05, 3.63) is 35.2 Å². The lowest BCUT2D eigenvalue weighted by atomic mass is 10.0. The minimum atomic E-state index is 0.392. The molecule has 4 rings (SSSR count). The minimum Gasteiger partial charge on any atom is -0.367 e. The van der Waals surface area contributed by atoms with Crippen LogP contribution in [0.15, 0.2) is 12.4 Å². The molecule has 3 aromatic heterocycles. The predicted octanol–water partition coefficient (Wildman–Crippen LogP) is 2.23. The van der Waals surface area contributed by atoms with E-state index in [9.17, 15) is 0 Å². The van der Waals surface area contributed by atoms with E-state index in [2.05, 4.69) is 48.2 Å². The number of hydrogen-bond donors (Lipinski definition) is 1. The summed E-state index contributed by atoms with van der Waals surface area (Å²) in [6.07, 6.45) is 3.63. The number of aryl methyl sites for hydroxylation is 3. The van der Waals surface area contributed by atoms with Crippen LogP contribution >= 0.6 is 0 Å². The molecule has 0 amide bonds. The summed E-state index contributed by atoms with van der Waals surface area (Å²) >= 11 is 0. The van der Waals surface area contributed by atoms with E-state index in [4.69, 9.17) is 0 Å². The summed E-state index contributed by atoms with van der Waals surface area (Å²) in [6.45, 7) is 9.99. The summed E-state index contributed by atoms with van der Waals surface area (Å²) in [6, 6.07) is 2.46. The maximum Gasteiger partial charge on any atom is 0.254 e. The van der Waals surface area contributed by atoms with Gasteiger partial charge in [0.1, 0.15) is 23.8 Å². The number of aromatic nitrogens is 6. The number of nitrogens with one attached hydrogen (secondary N) is 1. The standard InChI is InChI=1S/C18H24N8/c1-11-9-16(23-14(4)21-11)25-7-5-15(6-8-25)24-17-12(2)13(3)22-18-19-10-20-26(17)18/h9-10,15,24H,5-8H2,1-4H3. The largest absolute Gasteiger partial charge is 0.367 e. The van der Waals surface area contributed by atoms with Crippen LogP contribution in [0.4, 0.5) is 11.6 Å². The molecule has 3 aromatic rings. The molecule has 8 heteroatoms. The van der Waals surface area contributed by atoms with Gasteiger partial charge in [0.25, 0.3) is 5.78 Å². The second kappa shape index (κ2) is 6.51. The first kappa shape index (κ1) is 16.7. The molecule has 4 heterocycles. The van der Waals surface area contributed by atoms with E-state index >= 15 is 0 Å². The van der Waals surface area contributed by atoms with E-state index in [1.807, 2.05) is 20.8 Å². The van der Waals surface area contributed by atoms with Crippen molar-refractivity contribution in [1.82, 2.24) is 29.5 Å². The number of hydrogen-bond acceptors (Lipinski definition) is 7. The molecular weight excluding hydrogens is 328 g/mol. The molecule has 0 spiro atoms. The highest BCUT2D eigenvalue weighted by Gasteiger charge is 2.22. The number of fused-ring (bicyclic) bond motifs is 1. The lowest BCUT2D eigenvalue weighted by molar-refractivity contribution is 0.520. The zero-order chi connectivity index (χ0) is 18.3. The van der Waals surface area contributed by atoms with E-state index in [1.54, 1.807) is 10.8 Å². The molecule has 1 saturated heterocycles. The Bertz CT molecular complexity index is 920. The molecule has 1 aliphatic rings. The second-order valence-electron chi connectivity index (χ2n) is 6.96. The van der Waals surface area contributed by atoms with Crippen LogP contribution in [-0.4, -0.2) is 48.7 Å². The van der Waals surface area contributed by atoms with Crippen LogP contribution in [0.1, 0.15) is 35.6 Å². The third kappa shape index (κ3) is 3.07. The highest BCUT2D eigenvalue weighted by Crippen LogP contribution is 2.24. The monoisotopic (exact) mass is 352 g/mol. The normalized spacial score (nSPS) is 15.6. The van der Waals surface area contributed by atoms with Gasteiger partial charge < -0.3 is 10.2 Å². The highest BCUT2D eigenvalue weighted by atomic mass is 15.4. The van der Waals surface area contributed by atoms with E-state index in [1.165, 1.54) is 0 Å². The Labute approximate surface area is 152 Å². The van der Waals surface area contributed by atoms with Gasteiger partial charge in [0.05, 0.1) is 0 Å². The summed E-state index contributed by atoms with van der Waals surface area (Å²) < 4.78 is 1.80. The molecule has 1 fully saturated rings. The Kier molecular flexibility index (Phi) is 4.18. The molecule has 1 aliphatic heterocycles. The van der Waals surface area contributed by atoms with Crippen LogP contribution in [-0.2, 0) is 0 Å². The summed E-state index contributed by atoms with van der Waals surface area (Å²) in [5, 5.41) is 8.00. The SMILES string of the molecule is Cc1cc(N2CCC(Nc3c(C)c(C)nc4ncnn34)CC2)nc(C)n1. The first-order valence-corrected chi connectivity index (χ1v) is 9.02. The number of nitrogens with zero attached hydrogens (tertiary/aromatic N) is 7. The van der Waals surface area contributed by atoms with Crippen LogP contribution in [0.2, 0.25) is 0 Å². The number of piperidine rings is 1. The molecule has 0 aliphatic carbocycles. The lowest BCUT2D eigenvalue weighted by Crippen LogP contribution is -2.40. The topological polar surface area (TPSA) is 84.1 Å². The molecular formula is C18H24N8. The maximum absolute atomic E-state index is 4.59. The molecule has 0 saturated carbocycles. The van der Waals surface area contributed by atoms with Gasteiger partial charge in [0.2, 0.25) is 0 Å². The van der Waals surface area contributed by atoms with Crippen molar-refractivity contribution in [3.63, 3.8) is 0 Å². The summed E-state index contributed by atoms with van der Waals surface area (Å²) in [7, 11) is 0. The van der Waals surface area contributed by atoms with Crippen LogP contribution in [0.25, 0.3) is 5.78 Å². The Morgan fingerprint density at radius 3 is 2.54 bits per heavy atom. The fourth-order valence-electron chi connectivity index (χ4n) is 3.51.